The summed E-state index contributed by atoms with van der Waals surface area (Å²) < 4.78 is 13.5. The summed E-state index contributed by atoms with van der Waals surface area (Å²) in [6.45, 7) is 2.09. The van der Waals surface area contributed by atoms with Crippen LogP contribution in [-0.4, -0.2) is 29.2 Å². The molecule has 1 amide bonds. The van der Waals surface area contributed by atoms with Crippen LogP contribution in [0.1, 0.15) is 28.9 Å². The molecule has 0 saturated carbocycles. The van der Waals surface area contributed by atoms with E-state index in [1.165, 1.54) is 6.07 Å². The third kappa shape index (κ3) is 3.21. The molecular weight excluding hydrogens is 283 g/mol. The zero-order chi connectivity index (χ0) is 15.4. The average Bonchev–Trinajstić information content (AvgIpc) is 3.08. The van der Waals surface area contributed by atoms with Gasteiger partial charge in [-0.15, -0.1) is 10.2 Å². The summed E-state index contributed by atoms with van der Waals surface area (Å²) in [5.41, 5.74) is 0.678. The van der Waals surface area contributed by atoms with Crippen LogP contribution in [0.2, 0.25) is 0 Å². The molecular formula is C16H17FN4O. The maximum Gasteiger partial charge on any atom is 0.272 e. The maximum absolute atomic E-state index is 13.5. The van der Waals surface area contributed by atoms with Crippen molar-refractivity contribution in [2.45, 2.75) is 19.4 Å². The molecule has 0 atom stereocenters. The standard InChI is InChI=1S/C16H17FN4O/c17-13-6-2-1-5-12(13)11-18-16(22)14-7-8-15(20-19-14)21-9-3-4-10-21/h1-2,5-8H,3-4,9-11H2,(H,18,22). The fourth-order valence-electron chi connectivity index (χ4n) is 2.47. The summed E-state index contributed by atoms with van der Waals surface area (Å²) in [6.07, 6.45) is 2.32. The van der Waals surface area contributed by atoms with Crippen LogP contribution in [-0.2, 0) is 6.54 Å². The molecule has 1 aliphatic rings. The molecule has 2 heterocycles. The fraction of sp³-hybridized carbons (Fsp3) is 0.312. The summed E-state index contributed by atoms with van der Waals surface area (Å²) in [4.78, 5) is 14.2. The van der Waals surface area contributed by atoms with Gasteiger partial charge in [-0.1, -0.05) is 18.2 Å². The minimum absolute atomic E-state index is 0.126. The number of amides is 1. The summed E-state index contributed by atoms with van der Waals surface area (Å²) in [5, 5.41) is 10.7. The minimum atomic E-state index is -0.358. The van der Waals surface area contributed by atoms with E-state index in [-0.39, 0.29) is 24.0 Å². The van der Waals surface area contributed by atoms with E-state index in [1.807, 2.05) is 0 Å². The van der Waals surface area contributed by atoms with Crippen molar-refractivity contribution in [2.75, 3.05) is 18.0 Å². The third-order valence-corrected chi connectivity index (χ3v) is 3.71. The molecule has 1 aromatic heterocycles. The van der Waals surface area contributed by atoms with E-state index in [1.54, 1.807) is 30.3 Å². The van der Waals surface area contributed by atoms with Gasteiger partial charge in [0.15, 0.2) is 11.5 Å². The van der Waals surface area contributed by atoms with E-state index in [9.17, 15) is 9.18 Å². The Kier molecular flexibility index (Phi) is 4.27. The van der Waals surface area contributed by atoms with E-state index >= 15 is 0 Å². The van der Waals surface area contributed by atoms with Gasteiger partial charge in [0.1, 0.15) is 5.82 Å². The Labute approximate surface area is 128 Å². The van der Waals surface area contributed by atoms with Gasteiger partial charge in [0.25, 0.3) is 5.91 Å². The summed E-state index contributed by atoms with van der Waals surface area (Å²) in [7, 11) is 0. The Balaban J connectivity index is 1.61. The lowest BCUT2D eigenvalue weighted by Crippen LogP contribution is -2.25. The number of benzene rings is 1. The molecule has 0 spiro atoms. The molecule has 1 N–H and O–H groups in total. The summed E-state index contributed by atoms with van der Waals surface area (Å²) in [6, 6.07) is 9.80. The number of halogens is 1. The van der Waals surface area contributed by atoms with Crippen molar-refractivity contribution in [1.82, 2.24) is 15.5 Å². The fourth-order valence-corrected chi connectivity index (χ4v) is 2.47. The van der Waals surface area contributed by atoms with Gasteiger partial charge in [0.05, 0.1) is 0 Å². The number of carbonyl (C=O) groups excluding carboxylic acids is 1. The number of aromatic nitrogens is 2. The molecule has 114 valence electrons. The molecule has 1 saturated heterocycles. The first-order chi connectivity index (χ1) is 10.7. The highest BCUT2D eigenvalue weighted by Gasteiger charge is 2.15. The molecule has 3 rings (SSSR count). The number of rotatable bonds is 4. The predicted molar refractivity (Wildman–Crippen MR) is 81.0 cm³/mol. The van der Waals surface area contributed by atoms with Crippen molar-refractivity contribution in [1.29, 1.82) is 0 Å². The first-order valence-electron chi connectivity index (χ1n) is 7.34. The van der Waals surface area contributed by atoms with Crippen LogP contribution in [0.3, 0.4) is 0 Å². The van der Waals surface area contributed by atoms with Crippen molar-refractivity contribution in [3.8, 4) is 0 Å². The molecule has 0 bridgehead atoms. The van der Waals surface area contributed by atoms with Crippen molar-refractivity contribution in [3.63, 3.8) is 0 Å². The molecule has 2 aromatic rings. The molecule has 0 aliphatic carbocycles. The van der Waals surface area contributed by atoms with Crippen molar-refractivity contribution in [2.24, 2.45) is 0 Å². The predicted octanol–water partition coefficient (Wildman–Crippen LogP) is 2.15. The number of nitrogens with zero attached hydrogens (tertiary/aromatic N) is 3. The normalized spacial score (nSPS) is 14.1. The second kappa shape index (κ2) is 6.51. The molecule has 1 aliphatic heterocycles. The Bertz CT molecular complexity index is 653. The highest BCUT2D eigenvalue weighted by Crippen LogP contribution is 2.16. The third-order valence-electron chi connectivity index (χ3n) is 3.71. The van der Waals surface area contributed by atoms with Crippen LogP contribution in [0.5, 0.6) is 0 Å². The quantitative estimate of drug-likeness (QED) is 0.940. The van der Waals surface area contributed by atoms with Crippen molar-refractivity contribution in [3.05, 3.63) is 53.5 Å². The van der Waals surface area contributed by atoms with E-state index in [0.29, 0.717) is 5.56 Å². The SMILES string of the molecule is O=C(NCc1ccccc1F)c1ccc(N2CCCC2)nn1. The molecule has 22 heavy (non-hydrogen) atoms. The lowest BCUT2D eigenvalue weighted by atomic mass is 10.2. The summed E-state index contributed by atoms with van der Waals surface area (Å²) in [5.74, 6) is 0.102. The second-order valence-corrected chi connectivity index (χ2v) is 5.25. The first kappa shape index (κ1) is 14.4. The smallest absolute Gasteiger partial charge is 0.272 e. The van der Waals surface area contributed by atoms with Gasteiger partial charge >= 0.3 is 0 Å². The Hall–Kier alpha value is -2.50. The van der Waals surface area contributed by atoms with E-state index < -0.39 is 0 Å². The lowest BCUT2D eigenvalue weighted by Gasteiger charge is -2.15. The number of nitrogens with one attached hydrogen (secondary N) is 1. The van der Waals surface area contributed by atoms with Crippen LogP contribution in [0.4, 0.5) is 10.2 Å². The summed E-state index contributed by atoms with van der Waals surface area (Å²) >= 11 is 0. The van der Waals surface area contributed by atoms with Crippen LogP contribution >= 0.6 is 0 Å². The van der Waals surface area contributed by atoms with Crippen molar-refractivity contribution < 1.29 is 9.18 Å². The van der Waals surface area contributed by atoms with Crippen LogP contribution < -0.4 is 10.2 Å². The van der Waals surface area contributed by atoms with Gasteiger partial charge in [0, 0.05) is 25.2 Å². The zero-order valence-corrected chi connectivity index (χ0v) is 12.1. The van der Waals surface area contributed by atoms with Gasteiger partial charge in [-0.05, 0) is 31.0 Å². The van der Waals surface area contributed by atoms with Crippen LogP contribution in [0.15, 0.2) is 36.4 Å². The topological polar surface area (TPSA) is 58.1 Å². The monoisotopic (exact) mass is 300 g/mol. The minimum Gasteiger partial charge on any atom is -0.355 e. The van der Waals surface area contributed by atoms with Gasteiger partial charge < -0.3 is 10.2 Å². The first-order valence-corrected chi connectivity index (χ1v) is 7.34. The number of hydrogen-bond donors (Lipinski definition) is 1. The van der Waals surface area contributed by atoms with Gasteiger partial charge in [0.2, 0.25) is 0 Å². The highest BCUT2D eigenvalue weighted by molar-refractivity contribution is 5.92. The Morgan fingerprint density at radius 3 is 2.59 bits per heavy atom. The van der Waals surface area contributed by atoms with Crippen molar-refractivity contribution >= 4 is 11.7 Å². The van der Waals surface area contributed by atoms with E-state index in [0.717, 1.165) is 31.7 Å². The Morgan fingerprint density at radius 2 is 1.91 bits per heavy atom. The van der Waals surface area contributed by atoms with Gasteiger partial charge in [-0.3, -0.25) is 4.79 Å². The zero-order valence-electron chi connectivity index (χ0n) is 12.1. The molecule has 1 aromatic carbocycles. The number of hydrogen-bond acceptors (Lipinski definition) is 4. The van der Waals surface area contributed by atoms with Crippen LogP contribution in [0, 0.1) is 5.82 Å². The maximum atomic E-state index is 13.5. The molecule has 0 unspecified atom stereocenters. The average molecular weight is 300 g/mol. The number of carbonyl (C=O) groups is 1. The highest BCUT2D eigenvalue weighted by atomic mass is 19.1. The molecule has 0 radical (unpaired) electrons. The Morgan fingerprint density at radius 1 is 1.14 bits per heavy atom. The van der Waals surface area contributed by atoms with Crippen LogP contribution in [0.25, 0.3) is 0 Å². The molecule has 6 heteroatoms. The van der Waals surface area contributed by atoms with E-state index in [2.05, 4.69) is 20.4 Å². The molecule has 1 fully saturated rings. The van der Waals surface area contributed by atoms with E-state index in [4.69, 9.17) is 0 Å². The largest absolute Gasteiger partial charge is 0.355 e. The van der Waals surface area contributed by atoms with Gasteiger partial charge in [-0.25, -0.2) is 4.39 Å². The second-order valence-electron chi connectivity index (χ2n) is 5.25. The lowest BCUT2D eigenvalue weighted by molar-refractivity contribution is 0.0944. The van der Waals surface area contributed by atoms with Gasteiger partial charge in [-0.2, -0.15) is 0 Å². The molecule has 5 nitrogen and oxygen atoms in total. The number of anilines is 1.